The zero-order valence-electron chi connectivity index (χ0n) is 15.7. The van der Waals surface area contributed by atoms with Crippen molar-refractivity contribution in [2.24, 2.45) is 0 Å². The van der Waals surface area contributed by atoms with E-state index < -0.39 is 22.8 Å². The molecule has 6 nitrogen and oxygen atoms in total. The molecule has 0 spiro atoms. The second kappa shape index (κ2) is 8.28. The highest BCUT2D eigenvalue weighted by Gasteiger charge is 2.33. The minimum absolute atomic E-state index is 0.0459. The number of carbonyl (C=O) groups excluding carboxylic acids is 1. The molecule has 2 aromatic rings. The fourth-order valence-corrected chi connectivity index (χ4v) is 3.39. The van der Waals surface area contributed by atoms with Crippen molar-refractivity contribution in [3.05, 3.63) is 47.0 Å². The van der Waals surface area contributed by atoms with Crippen LogP contribution in [0.15, 0.2) is 36.4 Å². The van der Waals surface area contributed by atoms with Crippen LogP contribution in [0.2, 0.25) is 5.02 Å². The molecule has 0 aliphatic carbocycles. The van der Waals surface area contributed by atoms with Crippen molar-refractivity contribution in [2.45, 2.75) is 6.18 Å². The molecule has 3 rings (SSSR count). The van der Waals surface area contributed by atoms with Gasteiger partial charge in [0.05, 0.1) is 22.0 Å². The number of benzene rings is 2. The summed E-state index contributed by atoms with van der Waals surface area (Å²) < 4.78 is 38.9. The molecular weight excluding hydrogens is 407 g/mol. The van der Waals surface area contributed by atoms with Gasteiger partial charge in [0.2, 0.25) is 0 Å². The number of carbonyl (C=O) groups is 1. The zero-order valence-corrected chi connectivity index (χ0v) is 16.4. The predicted molar refractivity (Wildman–Crippen MR) is 110 cm³/mol. The number of halogens is 4. The van der Waals surface area contributed by atoms with E-state index in [-0.39, 0.29) is 5.69 Å². The predicted octanol–water partition coefficient (Wildman–Crippen LogP) is 4.34. The number of alkyl halides is 3. The molecule has 1 heterocycles. The molecule has 29 heavy (non-hydrogen) atoms. The summed E-state index contributed by atoms with van der Waals surface area (Å²) in [4.78, 5) is 16.1. The quantitative estimate of drug-likeness (QED) is 0.637. The van der Waals surface area contributed by atoms with Gasteiger partial charge in [-0.3, -0.25) is 0 Å². The fraction of sp³-hybridized carbons (Fsp3) is 0.316. The topological polar surface area (TPSA) is 73.6 Å². The second-order valence-corrected chi connectivity index (χ2v) is 7.03. The summed E-state index contributed by atoms with van der Waals surface area (Å²) in [6, 6.07) is 8.56. The maximum absolute atomic E-state index is 13.0. The third kappa shape index (κ3) is 4.79. The van der Waals surface area contributed by atoms with Gasteiger partial charge in [0.25, 0.3) is 0 Å². The van der Waals surface area contributed by atoms with Gasteiger partial charge in [0.1, 0.15) is 0 Å². The van der Waals surface area contributed by atoms with Crippen LogP contribution in [-0.4, -0.2) is 44.2 Å². The van der Waals surface area contributed by atoms with Crippen molar-refractivity contribution < 1.29 is 18.0 Å². The molecule has 1 saturated heterocycles. The van der Waals surface area contributed by atoms with Crippen LogP contribution in [0.1, 0.15) is 5.56 Å². The molecule has 2 amide bonds. The SMILES string of the molecule is CNc1ccc(N2CCN(C(=O)Nc3ccc(Cl)c(C(F)(F)F)c3)CC2)cc1N. The highest BCUT2D eigenvalue weighted by atomic mass is 35.5. The average Bonchev–Trinajstić information content (AvgIpc) is 2.68. The molecule has 10 heteroatoms. The fourth-order valence-electron chi connectivity index (χ4n) is 3.17. The molecule has 0 atom stereocenters. The molecule has 4 N–H and O–H groups in total. The van der Waals surface area contributed by atoms with E-state index in [9.17, 15) is 18.0 Å². The van der Waals surface area contributed by atoms with Gasteiger partial charge in [-0.15, -0.1) is 0 Å². The van der Waals surface area contributed by atoms with E-state index in [1.54, 1.807) is 11.9 Å². The Morgan fingerprint density at radius 1 is 1.10 bits per heavy atom. The Labute approximate surface area is 171 Å². The van der Waals surface area contributed by atoms with E-state index in [4.69, 9.17) is 17.3 Å². The molecular formula is C19H21ClF3N5O. The van der Waals surface area contributed by atoms with E-state index >= 15 is 0 Å². The van der Waals surface area contributed by atoms with Crippen LogP contribution < -0.4 is 21.3 Å². The number of nitrogens with zero attached hydrogens (tertiary/aromatic N) is 2. The van der Waals surface area contributed by atoms with Crippen LogP contribution in [0.5, 0.6) is 0 Å². The first-order valence-corrected chi connectivity index (χ1v) is 9.31. The summed E-state index contributed by atoms with van der Waals surface area (Å²) in [6.45, 7) is 2.03. The standard InChI is InChI=1S/C19H21ClF3N5O/c1-25-17-5-3-13(11-16(17)24)27-6-8-28(9-7-27)18(29)26-12-2-4-15(20)14(10-12)19(21,22)23/h2-5,10-11,25H,6-9,24H2,1H3,(H,26,29). The third-order valence-corrected chi connectivity index (χ3v) is 5.09. The summed E-state index contributed by atoms with van der Waals surface area (Å²) in [5.74, 6) is 0. The zero-order chi connectivity index (χ0) is 21.2. The number of anilines is 4. The Hall–Kier alpha value is -2.81. The van der Waals surface area contributed by atoms with Crippen LogP contribution in [0.3, 0.4) is 0 Å². The van der Waals surface area contributed by atoms with E-state index in [0.717, 1.165) is 23.5 Å². The summed E-state index contributed by atoms with van der Waals surface area (Å²) in [5.41, 5.74) is 7.49. The molecule has 0 radical (unpaired) electrons. The van der Waals surface area contributed by atoms with E-state index in [1.807, 2.05) is 18.2 Å². The maximum atomic E-state index is 13.0. The molecule has 156 valence electrons. The van der Waals surface area contributed by atoms with Gasteiger partial charge in [0.15, 0.2) is 0 Å². The summed E-state index contributed by atoms with van der Waals surface area (Å²) in [5, 5.41) is 5.11. The lowest BCUT2D eigenvalue weighted by atomic mass is 10.2. The Balaban J connectivity index is 1.61. The van der Waals surface area contributed by atoms with Gasteiger partial charge in [-0.1, -0.05) is 11.6 Å². The van der Waals surface area contributed by atoms with Crippen LogP contribution in [0.4, 0.5) is 40.7 Å². The van der Waals surface area contributed by atoms with Crippen LogP contribution in [0, 0.1) is 0 Å². The third-order valence-electron chi connectivity index (χ3n) is 4.76. The number of nitrogen functional groups attached to an aromatic ring is 1. The van der Waals surface area contributed by atoms with Crippen molar-refractivity contribution in [1.29, 1.82) is 0 Å². The largest absolute Gasteiger partial charge is 0.417 e. The Morgan fingerprint density at radius 2 is 1.79 bits per heavy atom. The van der Waals surface area contributed by atoms with Gasteiger partial charge >= 0.3 is 12.2 Å². The molecule has 0 unspecified atom stereocenters. The van der Waals surface area contributed by atoms with E-state index in [1.165, 1.54) is 6.07 Å². The molecule has 0 aromatic heterocycles. The van der Waals surface area contributed by atoms with Gasteiger partial charge in [-0.25, -0.2) is 4.79 Å². The minimum Gasteiger partial charge on any atom is -0.397 e. The number of amides is 2. The molecule has 1 fully saturated rings. The Morgan fingerprint density at radius 3 is 2.38 bits per heavy atom. The van der Waals surface area contributed by atoms with Crippen molar-refractivity contribution >= 4 is 40.4 Å². The number of nitrogens with two attached hydrogens (primary N) is 1. The number of rotatable bonds is 3. The van der Waals surface area contributed by atoms with Gasteiger partial charge in [-0.2, -0.15) is 13.2 Å². The first kappa shape index (κ1) is 20.9. The smallest absolute Gasteiger partial charge is 0.397 e. The Bertz CT molecular complexity index is 898. The van der Waals surface area contributed by atoms with Crippen molar-refractivity contribution in [3.8, 4) is 0 Å². The summed E-state index contributed by atoms with van der Waals surface area (Å²) in [7, 11) is 1.79. The molecule has 1 aliphatic rings. The molecule has 2 aromatic carbocycles. The monoisotopic (exact) mass is 427 g/mol. The number of hydrogen-bond acceptors (Lipinski definition) is 4. The number of urea groups is 1. The van der Waals surface area contributed by atoms with Gasteiger partial charge in [0, 0.05) is 44.6 Å². The van der Waals surface area contributed by atoms with Crippen molar-refractivity contribution in [1.82, 2.24) is 4.90 Å². The summed E-state index contributed by atoms with van der Waals surface area (Å²) in [6.07, 6.45) is -4.59. The maximum Gasteiger partial charge on any atom is 0.417 e. The van der Waals surface area contributed by atoms with E-state index in [2.05, 4.69) is 15.5 Å². The first-order chi connectivity index (χ1) is 13.7. The minimum atomic E-state index is -4.59. The number of piperazine rings is 1. The lowest BCUT2D eigenvalue weighted by molar-refractivity contribution is -0.137. The average molecular weight is 428 g/mol. The van der Waals surface area contributed by atoms with Gasteiger partial charge in [-0.05, 0) is 36.4 Å². The van der Waals surface area contributed by atoms with Crippen molar-refractivity contribution in [2.75, 3.05) is 54.5 Å². The second-order valence-electron chi connectivity index (χ2n) is 6.62. The molecule has 0 saturated carbocycles. The first-order valence-electron chi connectivity index (χ1n) is 8.94. The van der Waals surface area contributed by atoms with Crippen LogP contribution in [0.25, 0.3) is 0 Å². The molecule has 0 bridgehead atoms. The Kier molecular flexibility index (Phi) is 5.97. The highest BCUT2D eigenvalue weighted by Crippen LogP contribution is 2.36. The van der Waals surface area contributed by atoms with Crippen molar-refractivity contribution in [3.63, 3.8) is 0 Å². The number of nitrogens with one attached hydrogen (secondary N) is 2. The van der Waals surface area contributed by atoms with Crippen LogP contribution >= 0.6 is 11.6 Å². The lowest BCUT2D eigenvalue weighted by Crippen LogP contribution is -2.50. The summed E-state index contributed by atoms with van der Waals surface area (Å²) >= 11 is 5.61. The number of hydrogen-bond donors (Lipinski definition) is 3. The van der Waals surface area contributed by atoms with Crippen LogP contribution in [-0.2, 0) is 6.18 Å². The molecule has 1 aliphatic heterocycles. The highest BCUT2D eigenvalue weighted by molar-refractivity contribution is 6.31. The lowest BCUT2D eigenvalue weighted by Gasteiger charge is -2.36. The van der Waals surface area contributed by atoms with Gasteiger partial charge < -0.3 is 26.2 Å². The normalized spacial score (nSPS) is 14.7. The van der Waals surface area contributed by atoms with E-state index in [0.29, 0.717) is 31.9 Å².